The first kappa shape index (κ1) is 27.3. The highest BCUT2D eigenvalue weighted by molar-refractivity contribution is 9.10. The highest BCUT2D eigenvalue weighted by Crippen LogP contribution is 2.38. The highest BCUT2D eigenvalue weighted by Gasteiger charge is 2.32. The Morgan fingerprint density at radius 2 is 1.73 bits per heavy atom. The van der Waals surface area contributed by atoms with Crippen LogP contribution in [-0.2, 0) is 12.7 Å². The van der Waals surface area contributed by atoms with Gasteiger partial charge in [-0.2, -0.15) is 28.5 Å². The molecule has 0 radical (unpaired) electrons. The third kappa shape index (κ3) is 5.39. The van der Waals surface area contributed by atoms with E-state index in [1.165, 1.54) is 11.8 Å². The monoisotopic (exact) mass is 613 g/mol. The largest absolute Gasteiger partial charge is 0.497 e. The van der Waals surface area contributed by atoms with Gasteiger partial charge in [-0.3, -0.25) is 0 Å². The van der Waals surface area contributed by atoms with E-state index in [1.807, 2.05) is 36.4 Å². The van der Waals surface area contributed by atoms with Crippen molar-refractivity contribution in [2.45, 2.75) is 12.7 Å². The van der Waals surface area contributed by atoms with Crippen LogP contribution < -0.4 is 19.5 Å². The predicted octanol–water partition coefficient (Wildman–Crippen LogP) is 6.90. The third-order valence-corrected chi connectivity index (χ3v) is 6.96. The molecule has 0 unspecified atom stereocenters. The number of ether oxygens (including phenoxy) is 3. The minimum Gasteiger partial charge on any atom is -0.497 e. The van der Waals surface area contributed by atoms with Gasteiger partial charge in [0.15, 0.2) is 0 Å². The van der Waals surface area contributed by atoms with Crippen LogP contribution in [0, 0.1) is 0 Å². The quantitative estimate of drug-likeness (QED) is 0.204. The first-order valence-electron chi connectivity index (χ1n) is 11.9. The van der Waals surface area contributed by atoms with Gasteiger partial charge in [-0.25, -0.2) is 4.68 Å². The average Bonchev–Trinajstić information content (AvgIpc) is 3.46. The Balaban J connectivity index is 1.52. The molecule has 1 N–H and O–H groups in total. The molecule has 8 nitrogen and oxygen atoms in total. The minimum absolute atomic E-state index is 0.406. The molecular weight excluding hydrogens is 591 g/mol. The molecule has 0 aliphatic carbocycles. The average molecular weight is 614 g/mol. The van der Waals surface area contributed by atoms with Crippen molar-refractivity contribution in [3.8, 4) is 34.1 Å². The number of halogens is 4. The Kier molecular flexibility index (Phi) is 7.53. The summed E-state index contributed by atoms with van der Waals surface area (Å²) in [5.74, 6) is 1.83. The second-order valence-electron chi connectivity index (χ2n) is 8.70. The zero-order chi connectivity index (χ0) is 28.4. The fraction of sp³-hybridized carbons (Fsp3) is 0.179. The van der Waals surface area contributed by atoms with Gasteiger partial charge in [0.2, 0.25) is 0 Å². The maximum Gasteiger partial charge on any atom is 0.419 e. The summed E-state index contributed by atoms with van der Waals surface area (Å²) in [6.07, 6.45) is -1.14. The summed E-state index contributed by atoms with van der Waals surface area (Å²) in [6.45, 7) is 0.464. The molecule has 0 aliphatic rings. The van der Waals surface area contributed by atoms with E-state index in [0.717, 1.165) is 29.0 Å². The molecule has 0 atom stereocenters. The lowest BCUT2D eigenvalue weighted by atomic mass is 10.0. The second-order valence-corrected chi connectivity index (χ2v) is 9.55. The smallest absolute Gasteiger partial charge is 0.419 e. The maximum atomic E-state index is 13.3. The summed E-state index contributed by atoms with van der Waals surface area (Å²) in [5.41, 5.74) is 3.16. The molecule has 0 saturated carbocycles. The predicted molar refractivity (Wildman–Crippen MR) is 148 cm³/mol. The highest BCUT2D eigenvalue weighted by atomic mass is 79.9. The molecule has 40 heavy (non-hydrogen) atoms. The number of hydrogen-bond acceptors (Lipinski definition) is 7. The van der Waals surface area contributed by atoms with Crippen LogP contribution in [0.15, 0.2) is 71.6 Å². The van der Waals surface area contributed by atoms with Crippen molar-refractivity contribution in [1.82, 2.24) is 20.0 Å². The Morgan fingerprint density at radius 1 is 0.925 bits per heavy atom. The van der Waals surface area contributed by atoms with E-state index >= 15 is 0 Å². The summed E-state index contributed by atoms with van der Waals surface area (Å²) in [5, 5.41) is 16.6. The number of hydrogen-bond donors (Lipinski definition) is 1. The molecule has 0 bridgehead atoms. The molecule has 0 saturated heterocycles. The van der Waals surface area contributed by atoms with Gasteiger partial charge in [0.05, 0.1) is 60.7 Å². The van der Waals surface area contributed by atoms with Crippen LogP contribution in [-0.4, -0.2) is 41.3 Å². The summed E-state index contributed by atoms with van der Waals surface area (Å²) in [4.78, 5) is 0. The van der Waals surface area contributed by atoms with Crippen LogP contribution in [0.4, 0.5) is 18.9 Å². The number of nitrogens with zero attached hydrogens (tertiary/aromatic N) is 4. The number of alkyl halides is 3. The van der Waals surface area contributed by atoms with Gasteiger partial charge in [-0.1, -0.05) is 6.07 Å². The van der Waals surface area contributed by atoms with E-state index in [2.05, 4.69) is 36.5 Å². The van der Waals surface area contributed by atoms with Crippen molar-refractivity contribution in [1.29, 1.82) is 0 Å². The Morgan fingerprint density at radius 3 is 2.42 bits per heavy atom. The Labute approximate surface area is 235 Å². The Bertz CT molecular complexity index is 1690. The van der Waals surface area contributed by atoms with E-state index in [1.54, 1.807) is 32.5 Å². The number of benzene rings is 3. The van der Waals surface area contributed by atoms with Crippen molar-refractivity contribution in [3.05, 3.63) is 82.7 Å². The van der Waals surface area contributed by atoms with Crippen molar-refractivity contribution in [3.63, 3.8) is 0 Å². The van der Waals surface area contributed by atoms with Gasteiger partial charge < -0.3 is 19.5 Å². The molecule has 0 aliphatic heterocycles. The number of rotatable bonds is 8. The summed E-state index contributed by atoms with van der Waals surface area (Å²) in [6, 6.07) is 14.6. The molecule has 5 rings (SSSR count). The molecule has 3 aromatic carbocycles. The zero-order valence-corrected chi connectivity index (χ0v) is 23.2. The van der Waals surface area contributed by atoms with Gasteiger partial charge in [0.1, 0.15) is 17.2 Å². The molecule has 2 aromatic heterocycles. The number of nitrogens with one attached hydrogen (secondary N) is 1. The fourth-order valence-corrected chi connectivity index (χ4v) is 4.78. The minimum atomic E-state index is -4.52. The molecule has 5 aromatic rings. The van der Waals surface area contributed by atoms with Crippen LogP contribution in [0.1, 0.15) is 11.1 Å². The number of methoxy groups -OCH3 is 3. The fourth-order valence-electron chi connectivity index (χ4n) is 4.28. The van der Waals surface area contributed by atoms with Crippen molar-refractivity contribution >= 4 is 32.5 Å². The van der Waals surface area contributed by atoms with E-state index in [-0.39, 0.29) is 0 Å². The Hall–Kier alpha value is -4.32. The number of fused-ring (bicyclic) bond motifs is 1. The van der Waals surface area contributed by atoms with Gasteiger partial charge in [-0.15, -0.1) is 0 Å². The lowest BCUT2D eigenvalue weighted by Gasteiger charge is -2.15. The lowest BCUT2D eigenvalue weighted by molar-refractivity contribution is -0.137. The van der Waals surface area contributed by atoms with Crippen LogP contribution >= 0.6 is 15.9 Å². The summed E-state index contributed by atoms with van der Waals surface area (Å²) in [7, 11) is 4.68. The summed E-state index contributed by atoms with van der Waals surface area (Å²) < 4.78 is 57.8. The first-order valence-corrected chi connectivity index (χ1v) is 12.7. The van der Waals surface area contributed by atoms with Crippen molar-refractivity contribution in [2.24, 2.45) is 0 Å². The lowest BCUT2D eigenvalue weighted by Crippen LogP contribution is -2.04. The third-order valence-electron chi connectivity index (χ3n) is 6.34. The van der Waals surface area contributed by atoms with Crippen LogP contribution in [0.25, 0.3) is 27.7 Å². The topological polar surface area (TPSA) is 83.3 Å². The van der Waals surface area contributed by atoms with Crippen LogP contribution in [0.3, 0.4) is 0 Å². The molecule has 12 heteroatoms. The molecule has 0 fully saturated rings. The van der Waals surface area contributed by atoms with Crippen molar-refractivity contribution in [2.75, 3.05) is 26.6 Å². The van der Waals surface area contributed by atoms with Gasteiger partial charge in [-0.05, 0) is 51.8 Å². The zero-order valence-electron chi connectivity index (χ0n) is 21.6. The van der Waals surface area contributed by atoms with E-state index in [9.17, 15) is 13.2 Å². The normalized spacial score (nSPS) is 11.5. The van der Waals surface area contributed by atoms with Crippen LogP contribution in [0.5, 0.6) is 17.2 Å². The van der Waals surface area contributed by atoms with Gasteiger partial charge in [0.25, 0.3) is 0 Å². The summed E-state index contributed by atoms with van der Waals surface area (Å²) >= 11 is 3.48. The first-order chi connectivity index (χ1) is 19.2. The van der Waals surface area contributed by atoms with E-state index in [4.69, 9.17) is 14.2 Å². The number of aromatic nitrogens is 4. The standard InChI is InChI=1S/C28H23BrF3N5O3/c1-38-19-6-4-17(26(9-19)39-2)12-33-24-14-34-36-23-8-16(5-7-20(23)24)21-10-22(29)27(40-3)11-25(21)37-15-18(13-35-37)28(30,31)32/h4-11,13-15H,12H2,1-3H3,(H,33,36). The van der Waals surface area contributed by atoms with Crippen molar-refractivity contribution < 1.29 is 27.4 Å². The van der Waals surface area contributed by atoms with E-state index in [0.29, 0.717) is 50.6 Å². The molecule has 0 spiro atoms. The maximum absolute atomic E-state index is 13.3. The van der Waals surface area contributed by atoms with Crippen LogP contribution in [0.2, 0.25) is 0 Å². The van der Waals surface area contributed by atoms with E-state index < -0.39 is 11.7 Å². The molecule has 0 amide bonds. The van der Waals surface area contributed by atoms with Gasteiger partial charge in [0, 0.05) is 41.4 Å². The second kappa shape index (κ2) is 11.0. The molecule has 2 heterocycles. The van der Waals surface area contributed by atoms with Gasteiger partial charge >= 0.3 is 6.18 Å². The SMILES string of the molecule is COc1ccc(CNc2cnnc3cc(-c4cc(Br)c(OC)cc4-n4cc(C(F)(F)F)cn4)ccc23)c(OC)c1. The molecular formula is C28H23BrF3N5O3. The molecule has 206 valence electrons. The number of anilines is 1.